The van der Waals surface area contributed by atoms with Gasteiger partial charge in [0.15, 0.2) is 5.60 Å². The summed E-state index contributed by atoms with van der Waals surface area (Å²) in [5.74, 6) is 1.03. The van der Waals surface area contributed by atoms with Crippen molar-refractivity contribution in [3.8, 4) is 23.0 Å². The largest absolute Gasteiger partial charge is 1.00 e. The average molecular weight is 342 g/mol. The van der Waals surface area contributed by atoms with E-state index in [1.54, 1.807) is 24.3 Å². The maximum atomic E-state index is 11.8. The molecule has 1 aliphatic carbocycles. The van der Waals surface area contributed by atoms with E-state index in [-0.39, 0.29) is 41.1 Å². The standard InChI is InChI=1S/C20H16O4.Na/c21-13-5-7-16-18(9-13)24-19-10-14(22)6-8-17(19)20(16)15-4-2-1-3-12(15)11-23-20;/h2,4-10,21-22H,1,3,11H2;/q;+1/p-1. The molecule has 1 atom stereocenters. The summed E-state index contributed by atoms with van der Waals surface area (Å²) >= 11 is 0. The van der Waals surface area contributed by atoms with Crippen LogP contribution in [0.1, 0.15) is 24.0 Å². The summed E-state index contributed by atoms with van der Waals surface area (Å²) in [6.45, 7) is 0.568. The Kier molecular flexibility index (Phi) is 3.96. The Bertz CT molecular complexity index is 878. The number of benzene rings is 2. The Balaban J connectivity index is 0.00000157. The van der Waals surface area contributed by atoms with E-state index in [1.807, 2.05) is 6.07 Å². The van der Waals surface area contributed by atoms with Gasteiger partial charge < -0.3 is 19.7 Å². The molecule has 4 nitrogen and oxygen atoms in total. The van der Waals surface area contributed by atoms with Gasteiger partial charge in [0, 0.05) is 17.2 Å². The number of fused-ring (bicyclic) bond motifs is 5. The van der Waals surface area contributed by atoms with E-state index in [0.717, 1.165) is 29.5 Å². The summed E-state index contributed by atoms with van der Waals surface area (Å²) in [6.07, 6.45) is 6.29. The topological polar surface area (TPSA) is 61.8 Å². The van der Waals surface area contributed by atoms with Crippen molar-refractivity contribution in [3.63, 3.8) is 0 Å². The third-order valence-electron chi connectivity index (χ3n) is 5.02. The van der Waals surface area contributed by atoms with Crippen LogP contribution >= 0.6 is 0 Å². The van der Waals surface area contributed by atoms with Crippen molar-refractivity contribution in [2.75, 3.05) is 6.61 Å². The van der Waals surface area contributed by atoms with Crippen molar-refractivity contribution in [1.82, 2.24) is 0 Å². The smallest absolute Gasteiger partial charge is 0.872 e. The minimum absolute atomic E-state index is 0. The quantitative estimate of drug-likeness (QED) is 0.708. The van der Waals surface area contributed by atoms with Crippen LogP contribution in [-0.2, 0) is 10.3 Å². The van der Waals surface area contributed by atoms with Crippen LogP contribution in [0.25, 0.3) is 0 Å². The van der Waals surface area contributed by atoms with E-state index < -0.39 is 5.60 Å². The van der Waals surface area contributed by atoms with E-state index in [0.29, 0.717) is 18.1 Å². The van der Waals surface area contributed by atoms with Gasteiger partial charge in [0.25, 0.3) is 0 Å². The number of allylic oxidation sites excluding steroid dienone is 1. The molecule has 1 spiro atoms. The molecular weight excluding hydrogens is 327 g/mol. The summed E-state index contributed by atoms with van der Waals surface area (Å²) in [4.78, 5) is 0. The van der Waals surface area contributed by atoms with E-state index in [2.05, 4.69) is 12.2 Å². The first kappa shape index (κ1) is 16.7. The molecule has 1 N–H and O–H groups in total. The minimum atomic E-state index is -0.767. The fourth-order valence-electron chi connectivity index (χ4n) is 3.97. The van der Waals surface area contributed by atoms with Crippen molar-refractivity contribution in [3.05, 3.63) is 70.8 Å². The number of phenolic OH excluding ortho intramolecular Hbond substituents is 1. The third-order valence-corrected chi connectivity index (χ3v) is 5.02. The Hall–Kier alpha value is -1.72. The molecule has 0 fully saturated rings. The van der Waals surface area contributed by atoms with Gasteiger partial charge in [0.1, 0.15) is 17.2 Å². The van der Waals surface area contributed by atoms with Crippen LogP contribution in [0, 0.1) is 0 Å². The molecule has 0 aromatic heterocycles. The SMILES string of the molecule is [Na+].[O-]c1ccc2c(c1)Oc1cc(O)ccc1C21OCC2=C1C=CCC2. The van der Waals surface area contributed by atoms with Crippen molar-refractivity contribution in [2.24, 2.45) is 0 Å². The van der Waals surface area contributed by atoms with Gasteiger partial charge >= 0.3 is 29.6 Å². The van der Waals surface area contributed by atoms with Crippen LogP contribution in [0.3, 0.4) is 0 Å². The van der Waals surface area contributed by atoms with Crippen LogP contribution < -0.4 is 39.4 Å². The molecule has 0 radical (unpaired) electrons. The van der Waals surface area contributed by atoms with Gasteiger partial charge in [-0.2, -0.15) is 0 Å². The predicted octanol–water partition coefficient (Wildman–Crippen LogP) is 0.496. The second-order valence-electron chi connectivity index (χ2n) is 6.37. The number of aromatic hydroxyl groups is 1. The van der Waals surface area contributed by atoms with Crippen LogP contribution in [0.2, 0.25) is 0 Å². The van der Waals surface area contributed by atoms with Gasteiger partial charge in [0.05, 0.1) is 6.61 Å². The molecule has 5 heteroatoms. The summed E-state index contributed by atoms with van der Waals surface area (Å²) in [6, 6.07) is 9.89. The van der Waals surface area contributed by atoms with Crippen molar-refractivity contribution < 1.29 is 49.2 Å². The molecule has 5 rings (SSSR count). The van der Waals surface area contributed by atoms with E-state index >= 15 is 0 Å². The van der Waals surface area contributed by atoms with E-state index in [1.165, 1.54) is 11.6 Å². The number of hydrogen-bond donors (Lipinski definition) is 1. The molecule has 1 unspecified atom stereocenters. The van der Waals surface area contributed by atoms with Gasteiger partial charge in [-0.15, -0.1) is 5.75 Å². The zero-order chi connectivity index (χ0) is 16.3. The Morgan fingerprint density at radius 2 is 1.80 bits per heavy atom. The number of hydrogen-bond acceptors (Lipinski definition) is 4. The second kappa shape index (κ2) is 5.92. The van der Waals surface area contributed by atoms with Gasteiger partial charge in [-0.05, 0) is 42.2 Å². The molecule has 3 aliphatic rings. The Morgan fingerprint density at radius 1 is 1.04 bits per heavy atom. The van der Waals surface area contributed by atoms with Gasteiger partial charge in [-0.1, -0.05) is 24.3 Å². The monoisotopic (exact) mass is 342 g/mol. The first-order chi connectivity index (χ1) is 11.7. The van der Waals surface area contributed by atoms with Crippen LogP contribution in [0.5, 0.6) is 23.0 Å². The van der Waals surface area contributed by atoms with Gasteiger partial charge in [-0.3, -0.25) is 0 Å². The maximum Gasteiger partial charge on any atom is 1.00 e. The minimum Gasteiger partial charge on any atom is -0.872 e. The Morgan fingerprint density at radius 3 is 2.64 bits per heavy atom. The second-order valence-corrected chi connectivity index (χ2v) is 6.37. The summed E-state index contributed by atoms with van der Waals surface area (Å²) in [7, 11) is 0. The Labute approximate surface area is 167 Å². The molecule has 2 aromatic rings. The fraction of sp³-hybridized carbons (Fsp3) is 0.200. The predicted molar refractivity (Wildman–Crippen MR) is 86.2 cm³/mol. The first-order valence-electron chi connectivity index (χ1n) is 8.04. The first-order valence-corrected chi connectivity index (χ1v) is 8.04. The molecule has 2 aliphatic heterocycles. The van der Waals surface area contributed by atoms with E-state index in [9.17, 15) is 10.2 Å². The molecule has 120 valence electrons. The van der Waals surface area contributed by atoms with Crippen molar-refractivity contribution >= 4 is 0 Å². The molecule has 0 saturated heterocycles. The zero-order valence-corrected chi connectivity index (χ0v) is 15.9. The maximum absolute atomic E-state index is 11.8. The average Bonchev–Trinajstić information content (AvgIpc) is 2.95. The number of ether oxygens (including phenoxy) is 2. The molecule has 0 saturated carbocycles. The van der Waals surface area contributed by atoms with Crippen molar-refractivity contribution in [2.45, 2.75) is 18.4 Å². The molecule has 0 amide bonds. The molecule has 2 aromatic carbocycles. The number of phenols is 1. The third kappa shape index (κ3) is 2.29. The zero-order valence-electron chi connectivity index (χ0n) is 13.9. The normalized spacial score (nSPS) is 22.7. The molecular formula is C20H15NaO4. The fourth-order valence-corrected chi connectivity index (χ4v) is 3.97. The van der Waals surface area contributed by atoms with Gasteiger partial charge in [-0.25, -0.2) is 0 Å². The summed E-state index contributed by atoms with van der Waals surface area (Å²) < 4.78 is 12.3. The van der Waals surface area contributed by atoms with E-state index in [4.69, 9.17) is 9.47 Å². The molecule has 2 heterocycles. The van der Waals surface area contributed by atoms with Gasteiger partial charge in [0.2, 0.25) is 0 Å². The van der Waals surface area contributed by atoms with Crippen LogP contribution in [0.15, 0.2) is 59.7 Å². The molecule has 25 heavy (non-hydrogen) atoms. The van der Waals surface area contributed by atoms with Crippen molar-refractivity contribution in [1.29, 1.82) is 0 Å². The van der Waals surface area contributed by atoms with Crippen LogP contribution in [-0.4, -0.2) is 11.7 Å². The number of rotatable bonds is 0. The summed E-state index contributed by atoms with van der Waals surface area (Å²) in [5, 5.41) is 21.7. The molecule has 0 bridgehead atoms. The van der Waals surface area contributed by atoms with Crippen LogP contribution in [0.4, 0.5) is 0 Å². The summed E-state index contributed by atoms with van der Waals surface area (Å²) in [5.41, 5.74) is 3.36.